The molecule has 0 saturated carbocycles. The van der Waals surface area contributed by atoms with Crippen molar-refractivity contribution in [3.8, 4) is 0 Å². The Bertz CT molecular complexity index is 618. The van der Waals surface area contributed by atoms with Gasteiger partial charge in [-0.25, -0.2) is 4.98 Å². The zero-order valence-electron chi connectivity index (χ0n) is 13.7. The molecule has 0 aliphatic carbocycles. The topological polar surface area (TPSA) is 100 Å². The number of likely N-dealkylation sites (N-methyl/N-ethyl adjacent to an activating group) is 1. The van der Waals surface area contributed by atoms with Gasteiger partial charge in [0.1, 0.15) is 10.7 Å². The summed E-state index contributed by atoms with van der Waals surface area (Å²) in [5.41, 5.74) is 0.282. The first-order valence-electron chi connectivity index (χ1n) is 7.61. The Morgan fingerprint density at radius 3 is 2.92 bits per heavy atom. The minimum absolute atomic E-state index is 0.0949. The Balaban J connectivity index is 1.92. The van der Waals surface area contributed by atoms with Crippen molar-refractivity contribution < 1.29 is 24.2 Å². The van der Waals surface area contributed by atoms with Crippen LogP contribution in [0.4, 0.5) is 0 Å². The van der Waals surface area contributed by atoms with Gasteiger partial charge in [-0.05, 0) is 12.8 Å². The smallest absolute Gasteiger partial charge is 0.308 e. The summed E-state index contributed by atoms with van der Waals surface area (Å²) in [7, 11) is 3.09. The Morgan fingerprint density at radius 1 is 1.50 bits per heavy atom. The number of methoxy groups -OCH3 is 1. The fourth-order valence-electron chi connectivity index (χ4n) is 2.57. The van der Waals surface area contributed by atoms with Crippen LogP contribution in [0, 0.1) is 5.92 Å². The number of thiazole rings is 1. The number of carboxylic acid groups (broad SMARTS) is 1. The van der Waals surface area contributed by atoms with Crippen LogP contribution >= 0.6 is 11.3 Å². The van der Waals surface area contributed by atoms with Gasteiger partial charge in [-0.3, -0.25) is 14.4 Å². The Labute approximate surface area is 144 Å². The van der Waals surface area contributed by atoms with E-state index in [-0.39, 0.29) is 30.6 Å². The molecule has 0 aromatic carbocycles. The molecule has 0 bridgehead atoms. The van der Waals surface area contributed by atoms with Gasteiger partial charge in [0.2, 0.25) is 5.91 Å². The zero-order valence-corrected chi connectivity index (χ0v) is 14.5. The predicted octanol–water partition coefficient (Wildman–Crippen LogP) is 0.685. The third-order valence-electron chi connectivity index (χ3n) is 3.88. The highest BCUT2D eigenvalue weighted by Gasteiger charge is 2.29. The number of aromatic nitrogens is 1. The molecule has 0 radical (unpaired) electrons. The molecule has 1 aliphatic heterocycles. The van der Waals surface area contributed by atoms with Crippen LogP contribution in [0.5, 0.6) is 0 Å². The maximum atomic E-state index is 12.3. The van der Waals surface area contributed by atoms with Gasteiger partial charge in [0.15, 0.2) is 0 Å². The number of rotatable bonds is 6. The molecule has 1 N–H and O–H groups in total. The number of nitrogens with zero attached hydrogens (tertiary/aromatic N) is 3. The Hall–Kier alpha value is -2.00. The lowest BCUT2D eigenvalue weighted by molar-refractivity contribution is -0.145. The fourth-order valence-corrected chi connectivity index (χ4v) is 3.31. The molecule has 8 nitrogen and oxygen atoms in total. The highest BCUT2D eigenvalue weighted by atomic mass is 32.1. The number of aliphatic carboxylic acids is 1. The average Bonchev–Trinajstić information content (AvgIpc) is 3.03. The summed E-state index contributed by atoms with van der Waals surface area (Å²) in [6.07, 6.45) is 1.24. The van der Waals surface area contributed by atoms with E-state index >= 15 is 0 Å². The molecule has 0 spiro atoms. The number of carbonyl (C=O) groups is 3. The van der Waals surface area contributed by atoms with E-state index < -0.39 is 11.9 Å². The maximum absolute atomic E-state index is 12.3. The lowest BCUT2D eigenvalue weighted by Crippen LogP contribution is -2.46. The van der Waals surface area contributed by atoms with Gasteiger partial charge >= 0.3 is 5.97 Å². The molecule has 2 heterocycles. The summed E-state index contributed by atoms with van der Waals surface area (Å²) in [5.74, 6) is -2.00. The van der Waals surface area contributed by atoms with E-state index in [1.165, 1.54) is 28.2 Å². The van der Waals surface area contributed by atoms with E-state index in [1.807, 2.05) is 0 Å². The minimum atomic E-state index is -0.884. The van der Waals surface area contributed by atoms with Crippen molar-refractivity contribution in [2.75, 3.05) is 33.8 Å². The monoisotopic (exact) mass is 355 g/mol. The van der Waals surface area contributed by atoms with Crippen LogP contribution in [0.2, 0.25) is 0 Å². The van der Waals surface area contributed by atoms with Gasteiger partial charge in [0, 0.05) is 32.6 Å². The summed E-state index contributed by atoms with van der Waals surface area (Å²) in [5, 5.41) is 11.4. The standard InChI is InChI=1S/C15H21N3O5S/c1-17(14(20)11-9-24-12(16-11)8-23-2)7-13(19)18-5-3-4-10(6-18)15(21)22/h9-10H,3-8H2,1-2H3,(H,21,22). The molecule has 2 amide bonds. The SMILES string of the molecule is COCc1nc(C(=O)N(C)CC(=O)N2CCCC(C(=O)O)C2)cs1. The number of likely N-dealkylation sites (tertiary alicyclic amines) is 1. The largest absolute Gasteiger partial charge is 0.481 e. The Morgan fingerprint density at radius 2 is 2.25 bits per heavy atom. The highest BCUT2D eigenvalue weighted by molar-refractivity contribution is 7.09. The quantitative estimate of drug-likeness (QED) is 0.806. The second kappa shape index (κ2) is 8.20. The summed E-state index contributed by atoms with van der Waals surface area (Å²) >= 11 is 1.33. The van der Waals surface area contributed by atoms with Crippen molar-refractivity contribution in [2.45, 2.75) is 19.4 Å². The van der Waals surface area contributed by atoms with E-state index in [1.54, 1.807) is 12.5 Å². The van der Waals surface area contributed by atoms with Crippen molar-refractivity contribution in [1.29, 1.82) is 0 Å². The van der Waals surface area contributed by atoms with Crippen molar-refractivity contribution in [1.82, 2.24) is 14.8 Å². The summed E-state index contributed by atoms with van der Waals surface area (Å²) in [6.45, 7) is 0.970. The molecule has 1 unspecified atom stereocenters. The van der Waals surface area contributed by atoms with Crippen LogP contribution in [0.25, 0.3) is 0 Å². The third-order valence-corrected chi connectivity index (χ3v) is 4.70. The minimum Gasteiger partial charge on any atom is -0.481 e. The lowest BCUT2D eigenvalue weighted by atomic mass is 9.98. The highest BCUT2D eigenvalue weighted by Crippen LogP contribution is 2.17. The number of hydrogen-bond donors (Lipinski definition) is 1. The molecular formula is C15H21N3O5S. The number of carbonyl (C=O) groups excluding carboxylic acids is 2. The molecule has 1 aromatic heterocycles. The number of hydrogen-bond acceptors (Lipinski definition) is 6. The van der Waals surface area contributed by atoms with Crippen molar-refractivity contribution in [3.05, 3.63) is 16.1 Å². The van der Waals surface area contributed by atoms with E-state index in [9.17, 15) is 14.4 Å². The van der Waals surface area contributed by atoms with Gasteiger partial charge in [-0.1, -0.05) is 0 Å². The fraction of sp³-hybridized carbons (Fsp3) is 0.600. The maximum Gasteiger partial charge on any atom is 0.308 e. The molecule has 24 heavy (non-hydrogen) atoms. The molecule has 132 valence electrons. The van der Waals surface area contributed by atoms with Gasteiger partial charge < -0.3 is 19.6 Å². The van der Waals surface area contributed by atoms with Crippen molar-refractivity contribution in [3.63, 3.8) is 0 Å². The number of ether oxygens (including phenoxy) is 1. The second-order valence-electron chi connectivity index (χ2n) is 5.74. The lowest BCUT2D eigenvalue weighted by Gasteiger charge is -2.31. The number of amides is 2. The second-order valence-corrected chi connectivity index (χ2v) is 6.68. The van der Waals surface area contributed by atoms with E-state index in [0.717, 1.165) is 0 Å². The first-order valence-corrected chi connectivity index (χ1v) is 8.49. The molecule has 1 aliphatic rings. The van der Waals surface area contributed by atoms with Gasteiger partial charge in [0.25, 0.3) is 5.91 Å². The molecule has 2 rings (SSSR count). The summed E-state index contributed by atoms with van der Waals surface area (Å²) < 4.78 is 4.97. The molecule has 1 atom stereocenters. The molecule has 1 saturated heterocycles. The number of piperidine rings is 1. The zero-order chi connectivity index (χ0) is 17.7. The number of carboxylic acids is 1. The van der Waals surface area contributed by atoms with Gasteiger partial charge in [-0.2, -0.15) is 0 Å². The van der Waals surface area contributed by atoms with E-state index in [0.29, 0.717) is 31.0 Å². The Kier molecular flexibility index (Phi) is 6.27. The average molecular weight is 355 g/mol. The van der Waals surface area contributed by atoms with Crippen LogP contribution < -0.4 is 0 Å². The van der Waals surface area contributed by atoms with Crippen LogP contribution in [-0.4, -0.2) is 71.5 Å². The van der Waals surface area contributed by atoms with Crippen LogP contribution in [0.3, 0.4) is 0 Å². The predicted molar refractivity (Wildman–Crippen MR) is 86.7 cm³/mol. The van der Waals surface area contributed by atoms with E-state index in [2.05, 4.69) is 4.98 Å². The normalized spacial score (nSPS) is 17.6. The van der Waals surface area contributed by atoms with Crippen molar-refractivity contribution >= 4 is 29.1 Å². The summed E-state index contributed by atoms with van der Waals surface area (Å²) in [4.78, 5) is 42.7. The van der Waals surface area contributed by atoms with Gasteiger partial charge in [-0.15, -0.1) is 11.3 Å². The molecular weight excluding hydrogens is 334 g/mol. The van der Waals surface area contributed by atoms with Crippen molar-refractivity contribution in [2.24, 2.45) is 5.92 Å². The van der Waals surface area contributed by atoms with Crippen LogP contribution in [-0.2, 0) is 20.9 Å². The third kappa shape index (κ3) is 4.51. The summed E-state index contributed by atoms with van der Waals surface area (Å²) in [6, 6.07) is 0. The van der Waals surface area contributed by atoms with Crippen LogP contribution in [0.1, 0.15) is 28.3 Å². The van der Waals surface area contributed by atoms with Gasteiger partial charge in [0.05, 0.1) is 19.1 Å². The van der Waals surface area contributed by atoms with Crippen LogP contribution in [0.15, 0.2) is 5.38 Å². The molecule has 9 heteroatoms. The first kappa shape index (κ1) is 18.3. The molecule has 1 fully saturated rings. The van der Waals surface area contributed by atoms with E-state index in [4.69, 9.17) is 9.84 Å². The first-order chi connectivity index (χ1) is 11.4. The molecule has 1 aromatic rings.